The minimum absolute atomic E-state index is 0.00722. The van der Waals surface area contributed by atoms with E-state index < -0.39 is 58.8 Å². The first kappa shape index (κ1) is 26.0. The number of nitrogens with two attached hydrogens (primary N) is 1. The Morgan fingerprint density at radius 1 is 0.838 bits per heavy atom. The summed E-state index contributed by atoms with van der Waals surface area (Å²) in [5, 5.41) is 5.07. The highest BCUT2D eigenvalue weighted by atomic mass is 32.2. The van der Waals surface area contributed by atoms with Crippen LogP contribution in [0.2, 0.25) is 0 Å². The van der Waals surface area contributed by atoms with Crippen molar-refractivity contribution in [1.29, 1.82) is 0 Å². The highest BCUT2D eigenvalue weighted by molar-refractivity contribution is 7.86. The average molecular weight is 546 g/mol. The third-order valence-electron chi connectivity index (χ3n) is 5.61. The van der Waals surface area contributed by atoms with Gasteiger partial charge in [-0.3, -0.25) is 23.5 Å². The van der Waals surface area contributed by atoms with Crippen molar-refractivity contribution in [3.05, 3.63) is 70.8 Å². The molecule has 0 fully saturated rings. The maximum absolute atomic E-state index is 13.4. The topological polar surface area (TPSA) is 210 Å². The molecule has 4 rings (SSSR count). The Balaban J connectivity index is 1.95. The Hall–Kier alpha value is -4.11. The second-order valence-electron chi connectivity index (χ2n) is 7.98. The van der Waals surface area contributed by atoms with E-state index >= 15 is 0 Å². The van der Waals surface area contributed by atoms with Gasteiger partial charge >= 0.3 is 0 Å². The number of carbonyl (C=O) groups excluding carboxylic acids is 3. The van der Waals surface area contributed by atoms with Crippen molar-refractivity contribution in [2.45, 2.75) is 23.1 Å². The molecule has 0 saturated carbocycles. The molecule has 14 heteroatoms. The number of ketones is 2. The van der Waals surface area contributed by atoms with Gasteiger partial charge in [0.25, 0.3) is 20.2 Å². The number of fused-ring (bicyclic) bond motifs is 2. The van der Waals surface area contributed by atoms with Crippen LogP contribution < -0.4 is 16.4 Å². The van der Waals surface area contributed by atoms with Gasteiger partial charge in [0.2, 0.25) is 5.91 Å². The third-order valence-corrected chi connectivity index (χ3v) is 7.41. The quantitative estimate of drug-likeness (QED) is 0.175. The molecule has 6 N–H and O–H groups in total. The lowest BCUT2D eigenvalue weighted by Crippen LogP contribution is -2.25. The molecule has 0 aromatic heterocycles. The number of anilines is 4. The van der Waals surface area contributed by atoms with Crippen LogP contribution in [0.25, 0.3) is 0 Å². The zero-order valence-electron chi connectivity index (χ0n) is 19.0. The fourth-order valence-electron chi connectivity index (χ4n) is 3.93. The smallest absolute Gasteiger partial charge is 0.296 e. The first-order valence-electron chi connectivity index (χ1n) is 10.5. The molecule has 3 aromatic rings. The van der Waals surface area contributed by atoms with Crippen molar-refractivity contribution in [3.8, 4) is 0 Å². The highest BCUT2D eigenvalue weighted by Crippen LogP contribution is 2.40. The fourth-order valence-corrected chi connectivity index (χ4v) is 5.20. The van der Waals surface area contributed by atoms with Crippen LogP contribution in [0, 0.1) is 0 Å². The van der Waals surface area contributed by atoms with E-state index in [0.717, 1.165) is 18.2 Å². The highest BCUT2D eigenvalue weighted by Gasteiger charge is 2.36. The maximum atomic E-state index is 13.4. The summed E-state index contributed by atoms with van der Waals surface area (Å²) in [6.07, 6.45) is -0.0121. The number of nitrogens with one attached hydrogen (secondary N) is 2. The second kappa shape index (κ2) is 9.08. The first-order valence-corrected chi connectivity index (χ1v) is 13.4. The van der Waals surface area contributed by atoms with Crippen LogP contribution >= 0.6 is 0 Å². The summed E-state index contributed by atoms with van der Waals surface area (Å²) in [7, 11) is -9.69. The molecule has 1 aliphatic carbocycles. The van der Waals surface area contributed by atoms with Gasteiger partial charge in [-0.15, -0.1) is 0 Å². The Morgan fingerprint density at radius 3 is 1.95 bits per heavy atom. The van der Waals surface area contributed by atoms with Crippen molar-refractivity contribution in [2.75, 3.05) is 16.4 Å². The number of hydrogen-bond donors (Lipinski definition) is 5. The van der Waals surface area contributed by atoms with Gasteiger partial charge < -0.3 is 16.4 Å². The molecule has 1 aliphatic rings. The molecule has 0 aliphatic heterocycles. The van der Waals surface area contributed by atoms with E-state index in [9.17, 15) is 40.3 Å². The summed E-state index contributed by atoms with van der Waals surface area (Å²) < 4.78 is 66.9. The summed E-state index contributed by atoms with van der Waals surface area (Å²) in [5.41, 5.74) is 4.15. The molecule has 37 heavy (non-hydrogen) atoms. The zero-order chi connectivity index (χ0) is 27.3. The van der Waals surface area contributed by atoms with Gasteiger partial charge in [0.1, 0.15) is 9.79 Å². The lowest BCUT2D eigenvalue weighted by atomic mass is 9.82. The molecule has 192 valence electrons. The van der Waals surface area contributed by atoms with E-state index in [2.05, 4.69) is 10.6 Å². The van der Waals surface area contributed by atoms with Crippen LogP contribution in [0.3, 0.4) is 0 Å². The van der Waals surface area contributed by atoms with E-state index in [1.165, 1.54) is 37.3 Å². The Bertz CT molecular complexity index is 1730. The molecule has 0 heterocycles. The molecule has 0 saturated heterocycles. The molecular formula is C23H19N3O9S2. The van der Waals surface area contributed by atoms with Gasteiger partial charge in [0, 0.05) is 23.2 Å². The fraction of sp³-hybridized carbons (Fsp3) is 0.0870. The van der Waals surface area contributed by atoms with Gasteiger partial charge in [-0.2, -0.15) is 16.8 Å². The van der Waals surface area contributed by atoms with Crippen LogP contribution in [0.15, 0.2) is 58.3 Å². The van der Waals surface area contributed by atoms with Gasteiger partial charge in [-0.25, -0.2) is 0 Å². The summed E-state index contributed by atoms with van der Waals surface area (Å²) in [4.78, 5) is 37.1. The molecular weight excluding hydrogens is 526 g/mol. The van der Waals surface area contributed by atoms with E-state index in [0.29, 0.717) is 0 Å². The van der Waals surface area contributed by atoms with E-state index in [1.54, 1.807) is 0 Å². The molecule has 0 bridgehead atoms. The number of nitrogen functional groups attached to an aromatic ring is 1. The number of rotatable bonds is 6. The number of hydrogen-bond acceptors (Lipinski definition) is 9. The van der Waals surface area contributed by atoms with Gasteiger partial charge in [-0.1, -0.05) is 31.2 Å². The van der Waals surface area contributed by atoms with Crippen molar-refractivity contribution < 1.29 is 40.3 Å². The van der Waals surface area contributed by atoms with E-state index in [-0.39, 0.29) is 40.2 Å². The summed E-state index contributed by atoms with van der Waals surface area (Å²) in [6.45, 7) is 1.52. The lowest BCUT2D eigenvalue weighted by molar-refractivity contribution is -0.115. The van der Waals surface area contributed by atoms with Gasteiger partial charge in [0.15, 0.2) is 11.6 Å². The summed E-state index contributed by atoms with van der Waals surface area (Å²) >= 11 is 0. The largest absolute Gasteiger partial charge is 0.397 e. The van der Waals surface area contributed by atoms with Crippen molar-refractivity contribution in [1.82, 2.24) is 0 Å². The molecule has 0 radical (unpaired) electrons. The number of benzene rings is 3. The lowest BCUT2D eigenvalue weighted by Gasteiger charge is -2.24. The normalized spacial score (nSPS) is 13.1. The standard InChI is InChI=1S/C23H19N3O9S2/c1-2-18(27)26-14-9-11(7-8-16(14)36(30,31)32)25-15-10-17(37(33,34)35)21(24)20-19(15)22(28)12-5-3-4-6-13(12)23(20)29/h3-10,25H,2,24H2,1H3,(H,26,27)(H,30,31,32)(H,33,34,35). The molecule has 0 spiro atoms. The molecule has 12 nitrogen and oxygen atoms in total. The second-order valence-corrected chi connectivity index (χ2v) is 10.8. The monoisotopic (exact) mass is 545 g/mol. The Kier molecular flexibility index (Phi) is 6.37. The minimum Gasteiger partial charge on any atom is -0.397 e. The molecule has 3 aromatic carbocycles. The van der Waals surface area contributed by atoms with Crippen molar-refractivity contribution >= 4 is 60.5 Å². The van der Waals surface area contributed by atoms with Crippen LogP contribution in [-0.2, 0) is 25.0 Å². The summed E-state index contributed by atoms with van der Waals surface area (Å²) in [5.74, 6) is -1.97. The summed E-state index contributed by atoms with van der Waals surface area (Å²) in [6, 6.07) is 9.96. The van der Waals surface area contributed by atoms with Crippen LogP contribution in [-0.4, -0.2) is 43.4 Å². The molecule has 0 unspecified atom stereocenters. The van der Waals surface area contributed by atoms with Crippen LogP contribution in [0.1, 0.15) is 45.2 Å². The zero-order valence-corrected chi connectivity index (χ0v) is 20.6. The van der Waals surface area contributed by atoms with Gasteiger partial charge in [0.05, 0.1) is 28.2 Å². The van der Waals surface area contributed by atoms with E-state index in [1.807, 2.05) is 0 Å². The minimum atomic E-state index is -4.95. The van der Waals surface area contributed by atoms with Crippen molar-refractivity contribution in [3.63, 3.8) is 0 Å². The van der Waals surface area contributed by atoms with E-state index in [4.69, 9.17) is 5.73 Å². The van der Waals surface area contributed by atoms with Crippen LogP contribution in [0.5, 0.6) is 0 Å². The Morgan fingerprint density at radius 2 is 1.41 bits per heavy atom. The van der Waals surface area contributed by atoms with Crippen molar-refractivity contribution in [2.24, 2.45) is 0 Å². The molecule has 0 atom stereocenters. The van der Waals surface area contributed by atoms with Crippen LogP contribution in [0.4, 0.5) is 22.7 Å². The number of amides is 1. The third kappa shape index (κ3) is 4.70. The molecule has 1 amide bonds. The SMILES string of the molecule is CCC(=O)Nc1cc(Nc2cc(S(=O)(=O)O)c(N)c3c2C(=O)c2ccccc2C3=O)ccc1S(=O)(=O)O. The average Bonchev–Trinajstić information content (AvgIpc) is 2.82. The van der Waals surface area contributed by atoms with Gasteiger partial charge in [-0.05, 0) is 24.3 Å². The predicted octanol–water partition coefficient (Wildman–Crippen LogP) is 2.63. The number of carbonyl (C=O) groups is 3. The maximum Gasteiger partial charge on any atom is 0.296 e. The predicted molar refractivity (Wildman–Crippen MR) is 132 cm³/mol. The first-order chi connectivity index (χ1) is 17.2. The Labute approximate surface area is 211 Å².